The van der Waals surface area contributed by atoms with Crippen LogP contribution in [0.2, 0.25) is 10.0 Å². The standard InChI is InChI=1S/C20H21Cl2FN2O2/c1-3-24-20(27)13(2)25(12-14-6-4-7-15(21)10-14)19(26)11-16-17(22)8-5-9-18(16)23/h4-10,13H,3,11-12H2,1-2H3,(H,24,27). The van der Waals surface area contributed by atoms with Crippen molar-refractivity contribution in [1.29, 1.82) is 0 Å². The van der Waals surface area contributed by atoms with E-state index in [4.69, 9.17) is 23.2 Å². The Morgan fingerprint density at radius 1 is 1.19 bits per heavy atom. The number of amides is 2. The number of benzene rings is 2. The lowest BCUT2D eigenvalue weighted by Crippen LogP contribution is -2.48. The fraction of sp³-hybridized carbons (Fsp3) is 0.300. The molecule has 4 nitrogen and oxygen atoms in total. The second-order valence-electron chi connectivity index (χ2n) is 6.10. The van der Waals surface area contributed by atoms with Crippen LogP contribution in [0, 0.1) is 5.82 Å². The van der Waals surface area contributed by atoms with Gasteiger partial charge in [0.2, 0.25) is 11.8 Å². The maximum Gasteiger partial charge on any atom is 0.242 e. The fourth-order valence-electron chi connectivity index (χ4n) is 2.69. The predicted molar refractivity (Wildman–Crippen MR) is 105 cm³/mol. The fourth-order valence-corrected chi connectivity index (χ4v) is 3.13. The van der Waals surface area contributed by atoms with Crippen molar-refractivity contribution in [3.8, 4) is 0 Å². The van der Waals surface area contributed by atoms with Gasteiger partial charge in [0.25, 0.3) is 0 Å². The molecule has 1 N–H and O–H groups in total. The van der Waals surface area contributed by atoms with E-state index < -0.39 is 17.8 Å². The van der Waals surface area contributed by atoms with Gasteiger partial charge in [-0.25, -0.2) is 4.39 Å². The molecule has 0 aliphatic carbocycles. The van der Waals surface area contributed by atoms with Crippen LogP contribution < -0.4 is 5.32 Å². The normalized spacial score (nSPS) is 11.7. The number of carbonyl (C=O) groups excluding carboxylic acids is 2. The van der Waals surface area contributed by atoms with Crippen LogP contribution in [-0.2, 0) is 22.6 Å². The summed E-state index contributed by atoms with van der Waals surface area (Å²) in [7, 11) is 0. The first-order chi connectivity index (χ1) is 12.8. The molecule has 0 aliphatic rings. The van der Waals surface area contributed by atoms with Gasteiger partial charge in [0, 0.05) is 28.7 Å². The molecule has 7 heteroatoms. The van der Waals surface area contributed by atoms with Crippen molar-refractivity contribution in [2.75, 3.05) is 6.54 Å². The molecule has 0 heterocycles. The zero-order valence-corrected chi connectivity index (χ0v) is 16.6. The maximum absolute atomic E-state index is 14.1. The lowest BCUT2D eigenvalue weighted by molar-refractivity contribution is -0.140. The summed E-state index contributed by atoms with van der Waals surface area (Å²) in [6.45, 7) is 4.05. The molecule has 2 aromatic carbocycles. The number of rotatable bonds is 7. The van der Waals surface area contributed by atoms with E-state index in [0.717, 1.165) is 5.56 Å². The monoisotopic (exact) mass is 410 g/mol. The van der Waals surface area contributed by atoms with Crippen molar-refractivity contribution >= 4 is 35.0 Å². The number of likely N-dealkylation sites (N-methyl/N-ethyl adjacent to an activating group) is 1. The molecule has 0 spiro atoms. The summed E-state index contributed by atoms with van der Waals surface area (Å²) in [5.74, 6) is -1.24. The summed E-state index contributed by atoms with van der Waals surface area (Å²) in [5.41, 5.74) is 0.884. The van der Waals surface area contributed by atoms with Gasteiger partial charge in [-0.2, -0.15) is 0 Å². The molecule has 0 bridgehead atoms. The largest absolute Gasteiger partial charge is 0.355 e. The number of carbonyl (C=O) groups is 2. The van der Waals surface area contributed by atoms with E-state index in [9.17, 15) is 14.0 Å². The smallest absolute Gasteiger partial charge is 0.242 e. The number of hydrogen-bond donors (Lipinski definition) is 1. The second-order valence-corrected chi connectivity index (χ2v) is 6.94. The first kappa shape index (κ1) is 21.2. The Kier molecular flexibility index (Phi) is 7.63. The molecule has 0 saturated heterocycles. The summed E-state index contributed by atoms with van der Waals surface area (Å²) < 4.78 is 14.1. The first-order valence-corrected chi connectivity index (χ1v) is 9.33. The highest BCUT2D eigenvalue weighted by Crippen LogP contribution is 2.22. The summed E-state index contributed by atoms with van der Waals surface area (Å²) in [6.07, 6.45) is -0.240. The van der Waals surface area contributed by atoms with Gasteiger partial charge in [0.05, 0.1) is 6.42 Å². The van der Waals surface area contributed by atoms with Crippen molar-refractivity contribution in [2.45, 2.75) is 32.9 Å². The highest BCUT2D eigenvalue weighted by molar-refractivity contribution is 6.31. The molecule has 1 unspecified atom stereocenters. The summed E-state index contributed by atoms with van der Waals surface area (Å²) in [6, 6.07) is 10.6. The quantitative estimate of drug-likeness (QED) is 0.742. The maximum atomic E-state index is 14.1. The van der Waals surface area contributed by atoms with Crippen molar-refractivity contribution in [2.24, 2.45) is 0 Å². The van der Waals surface area contributed by atoms with Crippen molar-refractivity contribution in [1.82, 2.24) is 10.2 Å². The molecular formula is C20H21Cl2FN2O2. The molecule has 0 saturated carbocycles. The lowest BCUT2D eigenvalue weighted by Gasteiger charge is -2.29. The zero-order chi connectivity index (χ0) is 20.0. The van der Waals surface area contributed by atoms with Gasteiger partial charge in [-0.15, -0.1) is 0 Å². The van der Waals surface area contributed by atoms with Crippen molar-refractivity contribution in [3.05, 3.63) is 69.5 Å². The Morgan fingerprint density at radius 2 is 1.89 bits per heavy atom. The Bertz CT molecular complexity index is 809. The van der Waals surface area contributed by atoms with Crippen molar-refractivity contribution < 1.29 is 14.0 Å². The third kappa shape index (κ3) is 5.68. The Morgan fingerprint density at radius 3 is 2.52 bits per heavy atom. The average molecular weight is 411 g/mol. The Hall–Kier alpha value is -2.11. The predicted octanol–water partition coefficient (Wildman–Crippen LogP) is 4.23. The van der Waals surface area contributed by atoms with Crippen LogP contribution in [0.1, 0.15) is 25.0 Å². The molecule has 0 aromatic heterocycles. The minimum atomic E-state index is -0.734. The minimum Gasteiger partial charge on any atom is -0.355 e. The molecular weight excluding hydrogens is 390 g/mol. The number of halogens is 3. The van der Waals surface area contributed by atoms with Gasteiger partial charge in [-0.3, -0.25) is 9.59 Å². The average Bonchev–Trinajstić information content (AvgIpc) is 2.62. The van der Waals surface area contributed by atoms with Gasteiger partial charge in [0.1, 0.15) is 11.9 Å². The lowest BCUT2D eigenvalue weighted by atomic mass is 10.1. The Balaban J connectivity index is 2.30. The Labute approximate surface area is 168 Å². The summed E-state index contributed by atoms with van der Waals surface area (Å²) in [4.78, 5) is 26.6. The SMILES string of the molecule is CCNC(=O)C(C)N(Cc1cccc(Cl)c1)C(=O)Cc1c(F)cccc1Cl. The van der Waals surface area contributed by atoms with Crippen LogP contribution in [0.4, 0.5) is 4.39 Å². The molecule has 0 radical (unpaired) electrons. The topological polar surface area (TPSA) is 49.4 Å². The molecule has 144 valence electrons. The number of nitrogens with zero attached hydrogens (tertiary/aromatic N) is 1. The van der Waals surface area contributed by atoms with E-state index in [1.54, 1.807) is 32.0 Å². The van der Waals surface area contributed by atoms with Crippen LogP contribution in [0.3, 0.4) is 0 Å². The van der Waals surface area contributed by atoms with Crippen LogP contribution in [0.15, 0.2) is 42.5 Å². The van der Waals surface area contributed by atoms with Gasteiger partial charge in [0.15, 0.2) is 0 Å². The summed E-state index contributed by atoms with van der Waals surface area (Å²) >= 11 is 12.1. The number of nitrogens with one attached hydrogen (secondary N) is 1. The second kappa shape index (κ2) is 9.72. The molecule has 2 rings (SSSR count). The zero-order valence-electron chi connectivity index (χ0n) is 15.1. The first-order valence-electron chi connectivity index (χ1n) is 8.58. The highest BCUT2D eigenvalue weighted by Gasteiger charge is 2.27. The van der Waals surface area contributed by atoms with Gasteiger partial charge >= 0.3 is 0 Å². The molecule has 2 amide bonds. The van der Waals surface area contributed by atoms with E-state index in [2.05, 4.69) is 5.32 Å². The van der Waals surface area contributed by atoms with Crippen molar-refractivity contribution in [3.63, 3.8) is 0 Å². The van der Waals surface area contributed by atoms with E-state index in [1.807, 2.05) is 6.07 Å². The van der Waals surface area contributed by atoms with E-state index >= 15 is 0 Å². The van der Waals surface area contributed by atoms with Crippen LogP contribution in [0.5, 0.6) is 0 Å². The van der Waals surface area contributed by atoms with E-state index in [0.29, 0.717) is 11.6 Å². The molecule has 1 atom stereocenters. The molecule has 0 aliphatic heterocycles. The van der Waals surface area contributed by atoms with E-state index in [1.165, 1.54) is 23.1 Å². The molecule has 27 heavy (non-hydrogen) atoms. The van der Waals surface area contributed by atoms with Gasteiger partial charge in [-0.05, 0) is 43.7 Å². The van der Waals surface area contributed by atoms with Crippen LogP contribution in [0.25, 0.3) is 0 Å². The highest BCUT2D eigenvalue weighted by atomic mass is 35.5. The molecule has 2 aromatic rings. The van der Waals surface area contributed by atoms with Gasteiger partial charge < -0.3 is 10.2 Å². The minimum absolute atomic E-state index is 0.114. The third-order valence-electron chi connectivity index (χ3n) is 4.15. The third-order valence-corrected chi connectivity index (χ3v) is 4.74. The van der Waals surface area contributed by atoms with Crippen LogP contribution >= 0.6 is 23.2 Å². The van der Waals surface area contributed by atoms with Gasteiger partial charge in [-0.1, -0.05) is 41.4 Å². The number of hydrogen-bond acceptors (Lipinski definition) is 2. The van der Waals surface area contributed by atoms with E-state index in [-0.39, 0.29) is 29.5 Å². The summed E-state index contributed by atoms with van der Waals surface area (Å²) in [5, 5.41) is 3.41. The van der Waals surface area contributed by atoms with Crippen LogP contribution in [-0.4, -0.2) is 29.3 Å². The molecule has 0 fully saturated rings.